The van der Waals surface area contributed by atoms with Gasteiger partial charge in [-0.1, -0.05) is 6.07 Å². The monoisotopic (exact) mass is 266 g/mol. The average Bonchev–Trinajstić information content (AvgIpc) is 2.81. The van der Waals surface area contributed by atoms with Crippen LogP contribution < -0.4 is 5.73 Å². The predicted octanol–water partition coefficient (Wildman–Crippen LogP) is 1.40. The second-order valence-electron chi connectivity index (χ2n) is 4.83. The summed E-state index contributed by atoms with van der Waals surface area (Å²) < 4.78 is 0. The predicted molar refractivity (Wildman–Crippen MR) is 71.1 cm³/mol. The highest BCUT2D eigenvalue weighted by molar-refractivity contribution is 7.10. The molecule has 18 heavy (non-hydrogen) atoms. The Bertz CT molecular complexity index is 430. The van der Waals surface area contributed by atoms with Crippen molar-refractivity contribution in [2.75, 3.05) is 6.54 Å². The number of nitrogens with zero attached hydrogens (tertiary/aromatic N) is 1. The smallest absolute Gasteiger partial charge is 0.228 e. The highest BCUT2D eigenvalue weighted by atomic mass is 32.1. The second kappa shape index (κ2) is 5.52. The summed E-state index contributed by atoms with van der Waals surface area (Å²) in [5, 5.41) is 1.97. The number of carbonyl (C=O) groups is 2. The third-order valence-electron chi connectivity index (χ3n) is 3.51. The molecule has 1 fully saturated rings. The molecular weight excluding hydrogens is 248 g/mol. The van der Waals surface area contributed by atoms with Crippen LogP contribution >= 0.6 is 11.3 Å². The van der Waals surface area contributed by atoms with Crippen molar-refractivity contribution in [1.29, 1.82) is 0 Å². The standard InChI is InChI=1S/C13H18N2O2S/c1-9-4-5-10(13(14)17)8-15(9)12(16)7-11-3-2-6-18-11/h2-3,6,9-10H,4-5,7-8H2,1H3,(H2,14,17)/t9-,10+/m0/s1. The van der Waals surface area contributed by atoms with E-state index in [0.717, 1.165) is 17.7 Å². The van der Waals surface area contributed by atoms with Crippen molar-refractivity contribution < 1.29 is 9.59 Å². The van der Waals surface area contributed by atoms with Crippen LogP contribution in [0, 0.1) is 5.92 Å². The van der Waals surface area contributed by atoms with E-state index in [0.29, 0.717) is 13.0 Å². The van der Waals surface area contributed by atoms with Gasteiger partial charge in [-0.15, -0.1) is 11.3 Å². The van der Waals surface area contributed by atoms with Gasteiger partial charge in [-0.05, 0) is 31.2 Å². The molecule has 0 spiro atoms. The van der Waals surface area contributed by atoms with Gasteiger partial charge in [-0.3, -0.25) is 9.59 Å². The van der Waals surface area contributed by atoms with E-state index in [1.807, 2.05) is 24.4 Å². The summed E-state index contributed by atoms with van der Waals surface area (Å²) in [5.74, 6) is -0.389. The van der Waals surface area contributed by atoms with Crippen molar-refractivity contribution in [2.45, 2.75) is 32.2 Å². The molecule has 2 heterocycles. The molecule has 98 valence electrons. The van der Waals surface area contributed by atoms with Crippen LogP contribution in [-0.2, 0) is 16.0 Å². The van der Waals surface area contributed by atoms with Crippen molar-refractivity contribution >= 4 is 23.2 Å². The Morgan fingerprint density at radius 2 is 2.28 bits per heavy atom. The molecule has 2 rings (SSSR count). The molecule has 2 amide bonds. The number of likely N-dealkylation sites (tertiary alicyclic amines) is 1. The molecule has 1 aromatic rings. The van der Waals surface area contributed by atoms with Gasteiger partial charge in [-0.2, -0.15) is 0 Å². The second-order valence-corrected chi connectivity index (χ2v) is 5.86. The fraction of sp³-hybridized carbons (Fsp3) is 0.538. The highest BCUT2D eigenvalue weighted by Crippen LogP contribution is 2.23. The molecule has 1 aliphatic heterocycles. The van der Waals surface area contributed by atoms with Crippen LogP contribution in [0.25, 0.3) is 0 Å². The van der Waals surface area contributed by atoms with Crippen LogP contribution in [0.3, 0.4) is 0 Å². The van der Waals surface area contributed by atoms with Crippen LogP contribution in [0.15, 0.2) is 17.5 Å². The average molecular weight is 266 g/mol. The maximum atomic E-state index is 12.2. The fourth-order valence-electron chi connectivity index (χ4n) is 2.35. The van der Waals surface area contributed by atoms with Gasteiger partial charge in [0.1, 0.15) is 0 Å². The lowest BCUT2D eigenvalue weighted by atomic mass is 9.92. The van der Waals surface area contributed by atoms with Crippen LogP contribution in [0.5, 0.6) is 0 Å². The van der Waals surface area contributed by atoms with Gasteiger partial charge in [-0.25, -0.2) is 0 Å². The van der Waals surface area contributed by atoms with Crippen molar-refractivity contribution in [3.05, 3.63) is 22.4 Å². The molecule has 5 heteroatoms. The molecule has 1 aromatic heterocycles. The summed E-state index contributed by atoms with van der Waals surface area (Å²) in [7, 11) is 0. The minimum atomic E-state index is -0.296. The first-order chi connectivity index (χ1) is 8.58. The molecule has 0 aliphatic carbocycles. The fourth-order valence-corrected chi connectivity index (χ4v) is 3.05. The van der Waals surface area contributed by atoms with Gasteiger partial charge in [0, 0.05) is 17.5 Å². The largest absolute Gasteiger partial charge is 0.369 e. The van der Waals surface area contributed by atoms with Gasteiger partial charge in [0.25, 0.3) is 0 Å². The topological polar surface area (TPSA) is 63.4 Å². The molecule has 0 aromatic carbocycles. The van der Waals surface area contributed by atoms with E-state index in [1.165, 1.54) is 0 Å². The molecule has 4 nitrogen and oxygen atoms in total. The Balaban J connectivity index is 2.01. The van der Waals surface area contributed by atoms with Crippen molar-refractivity contribution in [3.8, 4) is 0 Å². The number of thiophene rings is 1. The first-order valence-electron chi connectivity index (χ1n) is 6.19. The van der Waals surface area contributed by atoms with Crippen molar-refractivity contribution in [1.82, 2.24) is 4.90 Å². The molecule has 0 saturated carbocycles. The molecule has 0 bridgehead atoms. The summed E-state index contributed by atoms with van der Waals surface area (Å²) in [6, 6.07) is 4.11. The third-order valence-corrected chi connectivity index (χ3v) is 4.39. The van der Waals surface area contributed by atoms with E-state index in [1.54, 1.807) is 16.2 Å². The van der Waals surface area contributed by atoms with Gasteiger partial charge in [0.05, 0.1) is 12.3 Å². The Morgan fingerprint density at radius 1 is 1.50 bits per heavy atom. The molecule has 1 saturated heterocycles. The third kappa shape index (κ3) is 2.90. The van der Waals surface area contributed by atoms with Crippen molar-refractivity contribution in [2.24, 2.45) is 11.7 Å². The van der Waals surface area contributed by atoms with Gasteiger partial charge >= 0.3 is 0 Å². The van der Waals surface area contributed by atoms with E-state index in [-0.39, 0.29) is 23.8 Å². The maximum Gasteiger partial charge on any atom is 0.228 e. The first kappa shape index (κ1) is 13.1. The van der Waals surface area contributed by atoms with Gasteiger partial charge < -0.3 is 10.6 Å². The first-order valence-corrected chi connectivity index (χ1v) is 7.07. The van der Waals surface area contributed by atoms with Crippen LogP contribution in [0.4, 0.5) is 0 Å². The van der Waals surface area contributed by atoms with Gasteiger partial charge in [0.2, 0.25) is 11.8 Å². The zero-order valence-electron chi connectivity index (χ0n) is 10.5. The summed E-state index contributed by atoms with van der Waals surface area (Å²) >= 11 is 1.58. The number of nitrogens with two attached hydrogens (primary N) is 1. The Morgan fingerprint density at radius 3 is 2.89 bits per heavy atom. The highest BCUT2D eigenvalue weighted by Gasteiger charge is 2.31. The summed E-state index contributed by atoms with van der Waals surface area (Å²) in [4.78, 5) is 26.3. The number of rotatable bonds is 3. The van der Waals surface area contributed by atoms with Crippen LogP contribution in [0.1, 0.15) is 24.6 Å². The maximum absolute atomic E-state index is 12.2. The van der Waals surface area contributed by atoms with Gasteiger partial charge in [0.15, 0.2) is 0 Å². The molecule has 2 N–H and O–H groups in total. The normalized spacial score (nSPS) is 23.9. The molecule has 0 unspecified atom stereocenters. The Hall–Kier alpha value is -1.36. The summed E-state index contributed by atoms with van der Waals surface area (Å²) in [6.07, 6.45) is 2.07. The molecule has 2 atom stereocenters. The summed E-state index contributed by atoms with van der Waals surface area (Å²) in [6.45, 7) is 2.50. The quantitative estimate of drug-likeness (QED) is 0.899. The van der Waals surface area contributed by atoms with Crippen molar-refractivity contribution in [3.63, 3.8) is 0 Å². The van der Waals surface area contributed by atoms with E-state index < -0.39 is 0 Å². The number of primary amides is 1. The minimum absolute atomic E-state index is 0.0934. The van der Waals surface area contributed by atoms with Crippen LogP contribution in [0.2, 0.25) is 0 Å². The number of carbonyl (C=O) groups excluding carboxylic acids is 2. The minimum Gasteiger partial charge on any atom is -0.369 e. The SMILES string of the molecule is C[C@H]1CC[C@@H](C(N)=O)CN1C(=O)Cc1cccs1. The molecule has 1 aliphatic rings. The number of hydrogen-bond acceptors (Lipinski definition) is 3. The lowest BCUT2D eigenvalue weighted by Crippen LogP contribution is -2.49. The summed E-state index contributed by atoms with van der Waals surface area (Å²) in [5.41, 5.74) is 5.34. The molecular formula is C13H18N2O2S. The van der Waals surface area contributed by atoms with E-state index in [2.05, 4.69) is 0 Å². The van der Waals surface area contributed by atoms with E-state index in [4.69, 9.17) is 5.73 Å². The Kier molecular flexibility index (Phi) is 4.01. The lowest BCUT2D eigenvalue weighted by molar-refractivity contribution is -0.136. The number of hydrogen-bond donors (Lipinski definition) is 1. The zero-order valence-corrected chi connectivity index (χ0v) is 11.3. The number of amides is 2. The van der Waals surface area contributed by atoms with Crippen LogP contribution in [-0.4, -0.2) is 29.3 Å². The molecule has 0 radical (unpaired) electrons. The van der Waals surface area contributed by atoms with E-state index in [9.17, 15) is 9.59 Å². The lowest BCUT2D eigenvalue weighted by Gasteiger charge is -2.36. The van der Waals surface area contributed by atoms with E-state index >= 15 is 0 Å². The number of piperidine rings is 1. The zero-order chi connectivity index (χ0) is 13.1. The Labute approximate surface area is 111 Å².